The van der Waals surface area contributed by atoms with E-state index in [0.29, 0.717) is 18.8 Å². The Labute approximate surface area is 164 Å². The molecule has 0 atom stereocenters. The number of carbonyl (C=O) groups excluding carboxylic acids is 1. The Morgan fingerprint density at radius 3 is 2.61 bits per heavy atom. The van der Waals surface area contributed by atoms with Crippen LogP contribution >= 0.6 is 0 Å². The summed E-state index contributed by atoms with van der Waals surface area (Å²) in [5.41, 5.74) is 3.43. The lowest BCUT2D eigenvalue weighted by molar-refractivity contribution is 0.0518. The molecule has 0 aliphatic carbocycles. The number of hydrogen-bond acceptors (Lipinski definition) is 5. The average Bonchev–Trinajstić information content (AvgIpc) is 3.01. The smallest absolute Gasteiger partial charge is 0.365 e. The van der Waals surface area contributed by atoms with Crippen molar-refractivity contribution >= 4 is 28.9 Å². The van der Waals surface area contributed by atoms with E-state index in [4.69, 9.17) is 9.57 Å². The molecule has 3 aromatic rings. The van der Waals surface area contributed by atoms with E-state index in [9.17, 15) is 4.79 Å². The van der Waals surface area contributed by atoms with Gasteiger partial charge in [-0.05, 0) is 24.6 Å². The third-order valence-electron chi connectivity index (χ3n) is 5.11. The van der Waals surface area contributed by atoms with Gasteiger partial charge >= 0.3 is 5.97 Å². The first-order valence-corrected chi connectivity index (χ1v) is 9.37. The van der Waals surface area contributed by atoms with Gasteiger partial charge in [-0.25, -0.2) is 4.79 Å². The van der Waals surface area contributed by atoms with Crippen LogP contribution in [0.2, 0.25) is 0 Å². The molecule has 1 aromatic heterocycles. The zero-order valence-corrected chi connectivity index (χ0v) is 16.1. The van der Waals surface area contributed by atoms with Crippen molar-refractivity contribution in [1.29, 1.82) is 0 Å². The molecule has 144 valence electrons. The molecule has 0 spiro atoms. The van der Waals surface area contributed by atoms with Crippen LogP contribution in [-0.2, 0) is 16.6 Å². The summed E-state index contributed by atoms with van der Waals surface area (Å²) < 4.78 is 7.65. The summed E-state index contributed by atoms with van der Waals surface area (Å²) in [7, 11) is 2.05. The number of benzene rings is 2. The van der Waals surface area contributed by atoms with Crippen LogP contribution in [0.25, 0.3) is 10.9 Å². The number of aryl methyl sites for hydroxylation is 2. The third kappa shape index (κ3) is 3.39. The Balaban J connectivity index is 1.66. The van der Waals surface area contributed by atoms with Gasteiger partial charge < -0.3 is 19.0 Å². The number of para-hydroxylation sites is 1. The van der Waals surface area contributed by atoms with E-state index in [2.05, 4.69) is 26.8 Å². The molecule has 1 saturated heterocycles. The quantitative estimate of drug-likeness (QED) is 0.397. The van der Waals surface area contributed by atoms with Crippen molar-refractivity contribution in [3.63, 3.8) is 0 Å². The molecule has 2 aromatic carbocycles. The topological polar surface area (TPSA) is 56.1 Å². The van der Waals surface area contributed by atoms with E-state index in [1.54, 1.807) is 12.3 Å². The van der Waals surface area contributed by atoms with Crippen LogP contribution in [0.5, 0.6) is 0 Å². The molecule has 0 amide bonds. The van der Waals surface area contributed by atoms with E-state index in [0.717, 1.165) is 40.9 Å². The highest BCUT2D eigenvalue weighted by atomic mass is 16.7. The minimum absolute atomic E-state index is 0.456. The van der Waals surface area contributed by atoms with Gasteiger partial charge in [0.1, 0.15) is 5.82 Å². The van der Waals surface area contributed by atoms with E-state index < -0.39 is 5.97 Å². The molecule has 28 heavy (non-hydrogen) atoms. The number of nitrogens with zero attached hydrogens (tertiary/aromatic N) is 3. The van der Waals surface area contributed by atoms with Crippen LogP contribution < -0.4 is 4.90 Å². The maximum Gasteiger partial charge on any atom is 0.365 e. The third-order valence-corrected chi connectivity index (χ3v) is 5.11. The maximum atomic E-state index is 12.3. The molecular weight excluding hydrogens is 354 g/mol. The zero-order chi connectivity index (χ0) is 19.5. The van der Waals surface area contributed by atoms with Crippen LogP contribution in [0.3, 0.4) is 0 Å². The number of ether oxygens (including phenoxy) is 1. The van der Waals surface area contributed by atoms with Gasteiger partial charge in [-0.3, -0.25) is 0 Å². The fourth-order valence-electron chi connectivity index (χ4n) is 3.67. The maximum absolute atomic E-state index is 12.3. The molecule has 0 radical (unpaired) electrons. The number of oxime groups is 1. The number of aromatic nitrogens is 1. The van der Waals surface area contributed by atoms with Crippen molar-refractivity contribution < 1.29 is 14.4 Å². The predicted octanol–water partition coefficient (Wildman–Crippen LogP) is 3.51. The molecular formula is C22H23N3O3. The summed E-state index contributed by atoms with van der Waals surface area (Å²) in [6, 6.07) is 15.5. The van der Waals surface area contributed by atoms with Gasteiger partial charge in [0, 0.05) is 31.1 Å². The summed E-state index contributed by atoms with van der Waals surface area (Å²) in [4.78, 5) is 19.8. The Morgan fingerprint density at radius 2 is 1.82 bits per heavy atom. The number of morpholine rings is 1. The molecule has 0 unspecified atom stereocenters. The van der Waals surface area contributed by atoms with E-state index in [1.807, 2.05) is 44.3 Å². The molecule has 0 saturated carbocycles. The number of carbonyl (C=O) groups is 1. The summed E-state index contributed by atoms with van der Waals surface area (Å²) in [6.07, 6.45) is 1.64. The number of anilines is 1. The molecule has 0 bridgehead atoms. The van der Waals surface area contributed by atoms with Gasteiger partial charge in [0.05, 0.1) is 30.5 Å². The van der Waals surface area contributed by atoms with Crippen molar-refractivity contribution in [2.75, 3.05) is 31.2 Å². The molecule has 6 heteroatoms. The lowest BCUT2D eigenvalue weighted by Gasteiger charge is -2.29. The second-order valence-corrected chi connectivity index (χ2v) is 6.84. The van der Waals surface area contributed by atoms with Crippen LogP contribution in [0, 0.1) is 6.92 Å². The van der Waals surface area contributed by atoms with Crippen molar-refractivity contribution in [2.45, 2.75) is 6.92 Å². The molecule has 1 aliphatic heterocycles. The highest BCUT2D eigenvalue weighted by Crippen LogP contribution is 2.31. The van der Waals surface area contributed by atoms with Crippen molar-refractivity contribution in [2.24, 2.45) is 12.2 Å². The summed E-state index contributed by atoms with van der Waals surface area (Å²) in [5.74, 6) is 0.600. The monoisotopic (exact) mass is 377 g/mol. The Hall–Kier alpha value is -3.12. The largest absolute Gasteiger partial charge is 0.378 e. The van der Waals surface area contributed by atoms with Gasteiger partial charge in [-0.2, -0.15) is 0 Å². The number of rotatable bonds is 4. The predicted molar refractivity (Wildman–Crippen MR) is 110 cm³/mol. The van der Waals surface area contributed by atoms with Crippen LogP contribution in [0.1, 0.15) is 21.5 Å². The van der Waals surface area contributed by atoms with E-state index >= 15 is 0 Å². The van der Waals surface area contributed by atoms with Gasteiger partial charge in [0.2, 0.25) is 0 Å². The van der Waals surface area contributed by atoms with Gasteiger partial charge in [0.15, 0.2) is 0 Å². The summed E-state index contributed by atoms with van der Waals surface area (Å²) in [6.45, 7) is 4.89. The normalized spacial score (nSPS) is 14.7. The average molecular weight is 377 g/mol. The molecule has 2 heterocycles. The first-order chi connectivity index (χ1) is 13.7. The highest BCUT2D eigenvalue weighted by Gasteiger charge is 2.21. The number of hydrogen-bond donors (Lipinski definition) is 0. The SMILES string of the molecule is Cc1ccccc1C(=O)O/N=C/c1c(N2CCOCC2)n(C)c2ccccc12. The van der Waals surface area contributed by atoms with E-state index in [1.165, 1.54) is 0 Å². The Kier molecular flexibility index (Phi) is 5.12. The van der Waals surface area contributed by atoms with E-state index in [-0.39, 0.29) is 0 Å². The molecule has 1 aliphatic rings. The van der Waals surface area contributed by atoms with Gasteiger partial charge in [0.25, 0.3) is 0 Å². The highest BCUT2D eigenvalue weighted by molar-refractivity contribution is 6.05. The molecule has 4 rings (SSSR count). The van der Waals surface area contributed by atoms with Crippen molar-refractivity contribution in [3.8, 4) is 0 Å². The van der Waals surface area contributed by atoms with Crippen molar-refractivity contribution in [3.05, 3.63) is 65.2 Å². The van der Waals surface area contributed by atoms with Gasteiger partial charge in [-0.1, -0.05) is 41.6 Å². The number of fused-ring (bicyclic) bond motifs is 1. The van der Waals surface area contributed by atoms with Crippen LogP contribution in [0.4, 0.5) is 5.82 Å². The summed E-state index contributed by atoms with van der Waals surface area (Å²) in [5, 5.41) is 5.10. The Bertz CT molecular complexity index is 1030. The molecule has 1 fully saturated rings. The van der Waals surface area contributed by atoms with Crippen LogP contribution in [-0.4, -0.2) is 43.1 Å². The fourth-order valence-corrected chi connectivity index (χ4v) is 3.67. The first kappa shape index (κ1) is 18.3. The fraction of sp³-hybridized carbons (Fsp3) is 0.273. The zero-order valence-electron chi connectivity index (χ0n) is 16.1. The molecule has 0 N–H and O–H groups in total. The minimum Gasteiger partial charge on any atom is -0.378 e. The Morgan fingerprint density at radius 1 is 1.11 bits per heavy atom. The molecule has 6 nitrogen and oxygen atoms in total. The second kappa shape index (κ2) is 7.86. The summed E-state index contributed by atoms with van der Waals surface area (Å²) >= 11 is 0. The second-order valence-electron chi connectivity index (χ2n) is 6.84. The lowest BCUT2D eigenvalue weighted by atomic mass is 10.1. The van der Waals surface area contributed by atoms with Crippen molar-refractivity contribution in [1.82, 2.24) is 4.57 Å². The van der Waals surface area contributed by atoms with Crippen LogP contribution in [0.15, 0.2) is 53.7 Å². The first-order valence-electron chi connectivity index (χ1n) is 9.37. The minimum atomic E-state index is -0.456. The standard InChI is InChI=1S/C22H23N3O3/c1-16-7-3-4-8-17(16)22(26)28-23-15-19-18-9-5-6-10-20(18)24(2)21(19)25-11-13-27-14-12-25/h3-10,15H,11-14H2,1-2H3/b23-15+. The lowest BCUT2D eigenvalue weighted by Crippen LogP contribution is -2.37. The van der Waals surface area contributed by atoms with Gasteiger partial charge in [-0.15, -0.1) is 0 Å².